The molecule has 3 N–H and O–H groups in total. The number of hydrogen-bond acceptors (Lipinski definition) is 7. The maximum Gasteiger partial charge on any atom is 0.175 e. The number of aryl methyl sites for hydroxylation is 1. The number of anilines is 2. The topological polar surface area (TPSA) is 84.9 Å². The monoisotopic (exact) mass is 523 g/mol. The van der Waals surface area contributed by atoms with Gasteiger partial charge in [-0.15, -0.1) is 0 Å². The third-order valence-corrected chi connectivity index (χ3v) is 7.41. The molecule has 7 nitrogen and oxygen atoms in total. The Kier molecular flexibility index (Phi) is 6.16. The van der Waals surface area contributed by atoms with Crippen LogP contribution in [0.2, 0.25) is 0 Å². The van der Waals surface area contributed by atoms with Crippen molar-refractivity contribution in [3.63, 3.8) is 0 Å². The number of nitrogens with zero attached hydrogens (tertiary/aromatic N) is 5. The van der Waals surface area contributed by atoms with Crippen LogP contribution in [0.1, 0.15) is 25.8 Å². The first-order chi connectivity index (χ1) is 13.9. The fraction of sp³-hybridized carbons (Fsp3) is 0.450. The Balaban J connectivity index is 1.67. The van der Waals surface area contributed by atoms with Crippen LogP contribution < -0.4 is 16.0 Å². The summed E-state index contributed by atoms with van der Waals surface area (Å²) in [5.74, 6) is 0.430. The molecule has 1 aliphatic rings. The first-order valence-electron chi connectivity index (χ1n) is 9.85. The van der Waals surface area contributed by atoms with Gasteiger partial charge in [0.15, 0.2) is 22.1 Å². The lowest BCUT2D eigenvalue weighted by molar-refractivity contribution is 0.525. The van der Waals surface area contributed by atoms with Gasteiger partial charge in [0.1, 0.15) is 6.33 Å². The maximum absolute atomic E-state index is 6.09. The van der Waals surface area contributed by atoms with Gasteiger partial charge in [0.2, 0.25) is 0 Å². The fourth-order valence-electron chi connectivity index (χ4n) is 3.57. The van der Waals surface area contributed by atoms with E-state index in [1.807, 2.05) is 0 Å². The highest BCUT2D eigenvalue weighted by Gasteiger charge is 2.21. The van der Waals surface area contributed by atoms with Gasteiger partial charge in [0.05, 0.1) is 0 Å². The highest BCUT2D eigenvalue weighted by molar-refractivity contribution is 14.1. The van der Waals surface area contributed by atoms with E-state index in [1.54, 1.807) is 11.8 Å². The summed E-state index contributed by atoms with van der Waals surface area (Å²) in [6.07, 6.45) is 3.62. The van der Waals surface area contributed by atoms with Gasteiger partial charge in [-0.2, -0.15) is 0 Å². The molecule has 1 aliphatic heterocycles. The Morgan fingerprint density at radius 3 is 2.93 bits per heavy atom. The van der Waals surface area contributed by atoms with Crippen molar-refractivity contribution in [1.82, 2.24) is 24.8 Å². The molecule has 0 amide bonds. The number of imidazole rings is 1. The number of hydrogen-bond donors (Lipinski definition) is 2. The molecular weight excluding hydrogens is 497 g/mol. The Bertz CT molecular complexity index is 1030. The SMILES string of the molecule is CC(C)NCCCn1c(Sc2cc3c(cc2I)CCN3C)nc2c(N)ncnc21. The predicted octanol–water partition coefficient (Wildman–Crippen LogP) is 3.54. The highest BCUT2D eigenvalue weighted by atomic mass is 127. The molecule has 3 aromatic rings. The van der Waals surface area contributed by atoms with E-state index in [0.29, 0.717) is 17.4 Å². The summed E-state index contributed by atoms with van der Waals surface area (Å²) in [6.45, 7) is 7.18. The molecule has 0 saturated heterocycles. The standard InChI is InChI=1S/C20H26IN7S/c1-12(2)23-6-4-7-28-19-17(18(22)24-11-25-19)26-20(28)29-16-10-15-13(9-14(16)21)5-8-27(15)3/h9-12,23H,4-8H2,1-3H3,(H2,22,24,25). The molecule has 0 radical (unpaired) electrons. The van der Waals surface area contributed by atoms with E-state index < -0.39 is 0 Å². The largest absolute Gasteiger partial charge is 0.382 e. The first-order valence-corrected chi connectivity index (χ1v) is 11.7. The van der Waals surface area contributed by atoms with Crippen LogP contribution in [-0.2, 0) is 13.0 Å². The van der Waals surface area contributed by atoms with Gasteiger partial charge < -0.3 is 20.5 Å². The number of benzene rings is 1. The van der Waals surface area contributed by atoms with Crippen molar-refractivity contribution < 1.29 is 0 Å². The zero-order chi connectivity index (χ0) is 20.5. The second-order valence-corrected chi connectivity index (χ2v) is 9.80. The van der Waals surface area contributed by atoms with Crippen LogP contribution in [0.4, 0.5) is 11.5 Å². The van der Waals surface area contributed by atoms with Crippen LogP contribution in [0.25, 0.3) is 11.2 Å². The average molecular weight is 523 g/mol. The number of fused-ring (bicyclic) bond motifs is 2. The molecule has 1 aromatic carbocycles. The minimum atomic E-state index is 0.430. The molecule has 0 atom stereocenters. The molecule has 0 fully saturated rings. The molecule has 4 rings (SSSR count). The summed E-state index contributed by atoms with van der Waals surface area (Å²) in [5, 5.41) is 4.39. The first kappa shape index (κ1) is 20.7. The molecule has 154 valence electrons. The lowest BCUT2D eigenvalue weighted by atomic mass is 10.2. The van der Waals surface area contributed by atoms with E-state index in [2.05, 4.69) is 80.4 Å². The molecule has 0 aliphatic carbocycles. The van der Waals surface area contributed by atoms with Gasteiger partial charge in [-0.05, 0) is 59.7 Å². The van der Waals surface area contributed by atoms with E-state index in [0.717, 1.165) is 43.3 Å². The van der Waals surface area contributed by atoms with E-state index >= 15 is 0 Å². The van der Waals surface area contributed by atoms with Crippen LogP contribution in [0.15, 0.2) is 28.5 Å². The van der Waals surface area contributed by atoms with E-state index in [-0.39, 0.29) is 0 Å². The van der Waals surface area contributed by atoms with E-state index in [4.69, 9.17) is 10.7 Å². The van der Waals surface area contributed by atoms with Crippen molar-refractivity contribution in [1.29, 1.82) is 0 Å². The highest BCUT2D eigenvalue weighted by Crippen LogP contribution is 2.39. The van der Waals surface area contributed by atoms with Gasteiger partial charge in [-0.3, -0.25) is 0 Å². The van der Waals surface area contributed by atoms with Gasteiger partial charge in [0, 0.05) is 40.3 Å². The Hall–Kier alpha value is -1.59. The minimum Gasteiger partial charge on any atom is -0.382 e. The normalized spacial score (nSPS) is 13.6. The molecule has 0 bridgehead atoms. The molecule has 2 aromatic heterocycles. The van der Waals surface area contributed by atoms with Crippen LogP contribution in [0.5, 0.6) is 0 Å². The van der Waals surface area contributed by atoms with Crippen molar-refractivity contribution in [3.05, 3.63) is 27.6 Å². The smallest absolute Gasteiger partial charge is 0.175 e. The fourth-order valence-corrected chi connectivity index (χ4v) is 5.38. The Morgan fingerprint density at radius 1 is 1.31 bits per heavy atom. The van der Waals surface area contributed by atoms with Crippen molar-refractivity contribution in [2.24, 2.45) is 0 Å². The van der Waals surface area contributed by atoms with Gasteiger partial charge in [-0.25, -0.2) is 15.0 Å². The number of likely N-dealkylation sites (N-methyl/N-ethyl adjacent to an activating group) is 1. The van der Waals surface area contributed by atoms with E-state index in [9.17, 15) is 0 Å². The summed E-state index contributed by atoms with van der Waals surface area (Å²) < 4.78 is 3.42. The molecule has 0 unspecified atom stereocenters. The summed E-state index contributed by atoms with van der Waals surface area (Å²) in [5.41, 5.74) is 10.3. The number of nitrogen functional groups attached to an aromatic ring is 1. The van der Waals surface area contributed by atoms with Crippen molar-refractivity contribution in [2.75, 3.05) is 30.8 Å². The maximum atomic E-state index is 6.09. The Morgan fingerprint density at radius 2 is 2.14 bits per heavy atom. The number of nitrogens with one attached hydrogen (secondary N) is 1. The van der Waals surface area contributed by atoms with Crippen molar-refractivity contribution >= 4 is 57.0 Å². The molecule has 9 heteroatoms. The summed E-state index contributed by atoms with van der Waals surface area (Å²) in [6, 6.07) is 5.06. The quantitative estimate of drug-likeness (QED) is 0.362. The van der Waals surface area contributed by atoms with Crippen LogP contribution in [0, 0.1) is 3.57 Å². The second-order valence-electron chi connectivity index (χ2n) is 7.62. The number of rotatable bonds is 7. The predicted molar refractivity (Wildman–Crippen MR) is 128 cm³/mol. The summed E-state index contributed by atoms with van der Waals surface area (Å²) in [7, 11) is 2.15. The number of aromatic nitrogens is 4. The van der Waals surface area contributed by atoms with Gasteiger partial charge >= 0.3 is 0 Å². The van der Waals surface area contributed by atoms with Gasteiger partial charge in [0.25, 0.3) is 0 Å². The van der Waals surface area contributed by atoms with E-state index in [1.165, 1.54) is 26.0 Å². The van der Waals surface area contributed by atoms with Crippen LogP contribution >= 0.6 is 34.4 Å². The lowest BCUT2D eigenvalue weighted by Crippen LogP contribution is -2.24. The van der Waals surface area contributed by atoms with Crippen LogP contribution in [0.3, 0.4) is 0 Å². The van der Waals surface area contributed by atoms with Gasteiger partial charge in [-0.1, -0.05) is 25.6 Å². The van der Waals surface area contributed by atoms with Crippen molar-refractivity contribution in [2.45, 2.75) is 49.3 Å². The zero-order valence-corrected chi connectivity index (χ0v) is 19.9. The number of nitrogens with two attached hydrogens (primary N) is 1. The molecule has 3 heterocycles. The summed E-state index contributed by atoms with van der Waals surface area (Å²) >= 11 is 4.11. The molecule has 0 spiro atoms. The molecular formula is C20H26IN7S. The zero-order valence-electron chi connectivity index (χ0n) is 16.9. The van der Waals surface area contributed by atoms with Crippen LogP contribution in [-0.4, -0.2) is 45.7 Å². The Labute approximate surface area is 189 Å². The van der Waals surface area contributed by atoms with Crippen molar-refractivity contribution in [3.8, 4) is 0 Å². The number of halogens is 1. The third-order valence-electron chi connectivity index (χ3n) is 5.10. The molecule has 29 heavy (non-hydrogen) atoms. The lowest BCUT2D eigenvalue weighted by Gasteiger charge is -2.15. The summed E-state index contributed by atoms with van der Waals surface area (Å²) in [4.78, 5) is 16.9. The second kappa shape index (κ2) is 8.65. The minimum absolute atomic E-state index is 0.430. The average Bonchev–Trinajstić information content (AvgIpc) is 3.21. The third kappa shape index (κ3) is 4.31. The molecule has 0 saturated carbocycles.